The number of ether oxygens (including phenoxy) is 1. The number of hydrogen-bond donors (Lipinski definition) is 0. The van der Waals surface area contributed by atoms with E-state index in [0.717, 1.165) is 5.56 Å². The van der Waals surface area contributed by atoms with E-state index >= 15 is 0 Å². The van der Waals surface area contributed by atoms with Gasteiger partial charge in [0.15, 0.2) is 0 Å². The van der Waals surface area contributed by atoms with Crippen molar-refractivity contribution in [1.29, 1.82) is 5.26 Å². The molecule has 0 atom stereocenters. The molecular weight excluding hydrogens is 253 g/mol. The Bertz CT molecular complexity index is 359. The van der Waals surface area contributed by atoms with Gasteiger partial charge in [-0.2, -0.15) is 5.26 Å². The number of alkyl halides is 1. The van der Waals surface area contributed by atoms with Gasteiger partial charge in [-0.1, -0.05) is 27.5 Å². The van der Waals surface area contributed by atoms with Crippen molar-refractivity contribution in [2.24, 2.45) is 0 Å². The van der Waals surface area contributed by atoms with Gasteiger partial charge in [0, 0.05) is 10.4 Å². The second kappa shape index (κ2) is 4.50. The standard InChI is InChI=1S/C9H7BrClNO/c1-13-7-2-6(5-12)8(4-10)9(11)3-7/h2-3H,4H2,1H3. The molecule has 0 bridgehead atoms. The molecule has 0 fully saturated rings. The molecule has 1 rings (SSSR count). The van der Waals surface area contributed by atoms with Crippen molar-refractivity contribution in [3.8, 4) is 11.8 Å². The fraction of sp³-hybridized carbons (Fsp3) is 0.222. The third-order valence-corrected chi connectivity index (χ3v) is 2.56. The van der Waals surface area contributed by atoms with E-state index in [-0.39, 0.29) is 0 Å². The smallest absolute Gasteiger partial charge is 0.121 e. The number of methoxy groups -OCH3 is 1. The van der Waals surface area contributed by atoms with Crippen LogP contribution >= 0.6 is 27.5 Å². The topological polar surface area (TPSA) is 33.0 Å². The van der Waals surface area contributed by atoms with Crippen molar-refractivity contribution in [2.45, 2.75) is 5.33 Å². The maximum absolute atomic E-state index is 8.81. The first-order valence-corrected chi connectivity index (χ1v) is 5.05. The van der Waals surface area contributed by atoms with Crippen molar-refractivity contribution in [3.05, 3.63) is 28.3 Å². The molecule has 0 unspecified atom stereocenters. The van der Waals surface area contributed by atoms with Gasteiger partial charge in [0.05, 0.1) is 18.7 Å². The Kier molecular flexibility index (Phi) is 3.58. The number of nitriles is 1. The quantitative estimate of drug-likeness (QED) is 0.766. The van der Waals surface area contributed by atoms with Gasteiger partial charge in [-0.05, 0) is 17.7 Å². The summed E-state index contributed by atoms with van der Waals surface area (Å²) < 4.78 is 4.99. The van der Waals surface area contributed by atoms with Crippen LogP contribution in [0.15, 0.2) is 12.1 Å². The molecule has 0 aliphatic heterocycles. The summed E-state index contributed by atoms with van der Waals surface area (Å²) in [7, 11) is 1.54. The normalized spacial score (nSPS) is 9.38. The summed E-state index contributed by atoms with van der Waals surface area (Å²) in [6.45, 7) is 0. The van der Waals surface area contributed by atoms with Crippen molar-refractivity contribution in [1.82, 2.24) is 0 Å². The van der Waals surface area contributed by atoms with Crippen molar-refractivity contribution < 1.29 is 4.74 Å². The fourth-order valence-electron chi connectivity index (χ4n) is 0.965. The number of benzene rings is 1. The summed E-state index contributed by atoms with van der Waals surface area (Å²) in [5.74, 6) is 0.603. The molecule has 0 saturated carbocycles. The number of rotatable bonds is 2. The minimum absolute atomic E-state index is 0.543. The predicted octanol–water partition coefficient (Wildman–Crippen LogP) is 3.12. The van der Waals surface area contributed by atoms with E-state index in [4.69, 9.17) is 21.6 Å². The molecule has 0 radical (unpaired) electrons. The summed E-state index contributed by atoms with van der Waals surface area (Å²) in [5, 5.41) is 9.93. The SMILES string of the molecule is COc1cc(Cl)c(CBr)c(C#N)c1. The lowest BCUT2D eigenvalue weighted by molar-refractivity contribution is 0.414. The summed E-state index contributed by atoms with van der Waals surface area (Å²) >= 11 is 9.20. The first kappa shape index (κ1) is 10.4. The molecule has 4 heteroatoms. The molecule has 0 spiro atoms. The first-order valence-electron chi connectivity index (χ1n) is 3.55. The molecule has 1 aromatic carbocycles. The monoisotopic (exact) mass is 259 g/mol. The predicted molar refractivity (Wildman–Crippen MR) is 55.4 cm³/mol. The second-order valence-corrected chi connectivity index (χ2v) is 3.35. The highest BCUT2D eigenvalue weighted by molar-refractivity contribution is 9.08. The Balaban J connectivity index is 3.31. The molecule has 2 nitrogen and oxygen atoms in total. The van der Waals surface area contributed by atoms with Gasteiger partial charge < -0.3 is 4.74 Å². The van der Waals surface area contributed by atoms with Crippen LogP contribution in [0.5, 0.6) is 5.75 Å². The van der Waals surface area contributed by atoms with E-state index < -0.39 is 0 Å². The molecule has 13 heavy (non-hydrogen) atoms. The summed E-state index contributed by atoms with van der Waals surface area (Å²) in [4.78, 5) is 0. The van der Waals surface area contributed by atoms with Crippen LogP contribution in [0.3, 0.4) is 0 Å². The molecular formula is C9H7BrClNO. The van der Waals surface area contributed by atoms with Crippen LogP contribution in [-0.4, -0.2) is 7.11 Å². The van der Waals surface area contributed by atoms with Crippen molar-refractivity contribution in [2.75, 3.05) is 7.11 Å². The molecule has 0 aliphatic rings. The molecule has 0 heterocycles. The average Bonchev–Trinajstić information content (AvgIpc) is 2.16. The van der Waals surface area contributed by atoms with E-state index in [0.29, 0.717) is 21.7 Å². The zero-order valence-electron chi connectivity index (χ0n) is 6.97. The zero-order valence-corrected chi connectivity index (χ0v) is 9.32. The van der Waals surface area contributed by atoms with Gasteiger partial charge in [0.1, 0.15) is 5.75 Å². The van der Waals surface area contributed by atoms with E-state index in [1.165, 1.54) is 0 Å². The lowest BCUT2D eigenvalue weighted by atomic mass is 10.1. The minimum atomic E-state index is 0.543. The van der Waals surface area contributed by atoms with Gasteiger partial charge in [-0.25, -0.2) is 0 Å². The zero-order chi connectivity index (χ0) is 9.84. The maximum atomic E-state index is 8.81. The van der Waals surface area contributed by atoms with Gasteiger partial charge in [0.25, 0.3) is 0 Å². The van der Waals surface area contributed by atoms with Crippen LogP contribution in [0.2, 0.25) is 5.02 Å². The minimum Gasteiger partial charge on any atom is -0.497 e. The van der Waals surface area contributed by atoms with E-state index in [2.05, 4.69) is 22.0 Å². The van der Waals surface area contributed by atoms with Crippen LogP contribution in [0.1, 0.15) is 11.1 Å². The Hall–Kier alpha value is -0.720. The first-order chi connectivity index (χ1) is 6.22. The molecule has 0 aromatic heterocycles. The Morgan fingerprint density at radius 1 is 1.62 bits per heavy atom. The fourth-order valence-corrected chi connectivity index (χ4v) is 2.01. The highest BCUT2D eigenvalue weighted by Gasteiger charge is 2.08. The highest BCUT2D eigenvalue weighted by atomic mass is 79.9. The van der Waals surface area contributed by atoms with Gasteiger partial charge in [-0.3, -0.25) is 0 Å². The second-order valence-electron chi connectivity index (χ2n) is 2.38. The van der Waals surface area contributed by atoms with E-state index in [9.17, 15) is 0 Å². The lowest BCUT2D eigenvalue weighted by Crippen LogP contribution is -1.90. The number of halogens is 2. The highest BCUT2D eigenvalue weighted by Crippen LogP contribution is 2.27. The van der Waals surface area contributed by atoms with Crippen LogP contribution in [0.25, 0.3) is 0 Å². The van der Waals surface area contributed by atoms with Gasteiger partial charge in [-0.15, -0.1) is 0 Å². The van der Waals surface area contributed by atoms with Crippen molar-refractivity contribution in [3.63, 3.8) is 0 Å². The van der Waals surface area contributed by atoms with Crippen LogP contribution in [0.4, 0.5) is 0 Å². The lowest BCUT2D eigenvalue weighted by Gasteiger charge is -2.06. The molecule has 1 aromatic rings. The summed E-state index contributed by atoms with van der Waals surface area (Å²) in [6, 6.07) is 5.43. The van der Waals surface area contributed by atoms with Crippen LogP contribution in [-0.2, 0) is 5.33 Å². The Morgan fingerprint density at radius 2 is 2.31 bits per heavy atom. The molecule has 68 valence electrons. The van der Waals surface area contributed by atoms with E-state index in [1.807, 2.05) is 0 Å². The molecule has 0 amide bonds. The third kappa shape index (κ3) is 2.15. The van der Waals surface area contributed by atoms with Crippen LogP contribution in [0, 0.1) is 11.3 Å². The Morgan fingerprint density at radius 3 is 2.77 bits per heavy atom. The van der Waals surface area contributed by atoms with Crippen molar-refractivity contribution >= 4 is 27.5 Å². The molecule has 0 N–H and O–H groups in total. The van der Waals surface area contributed by atoms with E-state index in [1.54, 1.807) is 19.2 Å². The molecule has 0 aliphatic carbocycles. The number of nitrogens with zero attached hydrogens (tertiary/aromatic N) is 1. The Labute approximate surface area is 90.2 Å². The largest absolute Gasteiger partial charge is 0.497 e. The molecule has 0 saturated heterocycles. The average molecular weight is 261 g/mol. The number of hydrogen-bond acceptors (Lipinski definition) is 2. The summed E-state index contributed by atoms with van der Waals surface area (Å²) in [5.41, 5.74) is 1.34. The van der Waals surface area contributed by atoms with Crippen LogP contribution < -0.4 is 4.74 Å². The third-order valence-electron chi connectivity index (χ3n) is 1.66. The van der Waals surface area contributed by atoms with Gasteiger partial charge in [0.2, 0.25) is 0 Å². The maximum Gasteiger partial charge on any atom is 0.121 e. The summed E-state index contributed by atoms with van der Waals surface area (Å²) in [6.07, 6.45) is 0. The van der Waals surface area contributed by atoms with Gasteiger partial charge >= 0.3 is 0 Å².